The largest absolute Gasteiger partial charge is 0.508 e. The van der Waals surface area contributed by atoms with Crippen molar-refractivity contribution in [2.75, 3.05) is 30.9 Å². The lowest BCUT2D eigenvalue weighted by atomic mass is 9.97. The molecule has 2 N–H and O–H groups in total. The van der Waals surface area contributed by atoms with Gasteiger partial charge in [-0.1, -0.05) is 33.1 Å². The van der Waals surface area contributed by atoms with E-state index in [2.05, 4.69) is 23.7 Å². The Morgan fingerprint density at radius 3 is 2.43 bits per heavy atom. The van der Waals surface area contributed by atoms with Gasteiger partial charge in [0.15, 0.2) is 5.11 Å². The maximum atomic E-state index is 11.5. The Hall–Kier alpha value is -3.19. The minimum absolute atomic E-state index is 0.0307. The molecule has 7 heteroatoms. The molecule has 0 heterocycles. The van der Waals surface area contributed by atoms with Crippen molar-refractivity contribution in [1.29, 1.82) is 0 Å². The zero-order valence-electron chi connectivity index (χ0n) is 18.1. The van der Waals surface area contributed by atoms with E-state index in [4.69, 9.17) is 12.2 Å². The van der Waals surface area contributed by atoms with Crippen molar-refractivity contribution < 1.29 is 5.11 Å². The molecule has 0 bridgehead atoms. The van der Waals surface area contributed by atoms with Crippen LogP contribution < -0.4 is 15.1 Å². The zero-order valence-corrected chi connectivity index (χ0v) is 18.9. The summed E-state index contributed by atoms with van der Waals surface area (Å²) in [6.45, 7) is 12.0. The van der Waals surface area contributed by atoms with Crippen molar-refractivity contribution in [1.82, 2.24) is 5.32 Å². The molecule has 0 atom stereocenters. The molecule has 0 aliphatic carbocycles. The van der Waals surface area contributed by atoms with Gasteiger partial charge in [-0.25, -0.2) is 0 Å². The lowest BCUT2D eigenvalue weighted by molar-refractivity contribution is 0.465. The average molecular weight is 425 g/mol. The molecule has 2 aromatic carbocycles. The van der Waals surface area contributed by atoms with Crippen LogP contribution in [-0.4, -0.2) is 31.4 Å². The van der Waals surface area contributed by atoms with E-state index in [-0.39, 0.29) is 17.4 Å². The SMILES string of the molecule is C=Cc1cc(N(C(=C)c2cc(C(C)C)c(O)cc2N=O)C(=S)NC)ccc1N(C)C. The number of hydrogen-bond acceptors (Lipinski definition) is 5. The van der Waals surface area contributed by atoms with Crippen molar-refractivity contribution in [2.45, 2.75) is 19.8 Å². The van der Waals surface area contributed by atoms with Gasteiger partial charge in [-0.3, -0.25) is 4.90 Å². The molecule has 0 unspecified atom stereocenters. The fourth-order valence-electron chi connectivity index (χ4n) is 3.24. The van der Waals surface area contributed by atoms with Crippen molar-refractivity contribution in [3.05, 3.63) is 65.1 Å². The second-order valence-corrected chi connectivity index (χ2v) is 7.74. The smallest absolute Gasteiger partial charge is 0.177 e. The van der Waals surface area contributed by atoms with Gasteiger partial charge in [0.1, 0.15) is 11.4 Å². The topological polar surface area (TPSA) is 68.2 Å². The summed E-state index contributed by atoms with van der Waals surface area (Å²) in [5, 5.41) is 16.7. The minimum atomic E-state index is 0.0307. The third-order valence-electron chi connectivity index (χ3n) is 4.83. The van der Waals surface area contributed by atoms with Gasteiger partial charge < -0.3 is 15.3 Å². The van der Waals surface area contributed by atoms with Crippen LogP contribution in [0.3, 0.4) is 0 Å². The molecule has 0 saturated carbocycles. The molecule has 6 nitrogen and oxygen atoms in total. The standard InChI is InChI=1S/C23H28N4O2S/c1-8-16-11-17(9-10-21(16)26(6)7)27(23(30)24-5)15(4)19-12-18(14(2)3)22(28)13-20(19)25-29/h8-14,28H,1,4H2,2-3,5-7H3,(H,24,30). The van der Waals surface area contributed by atoms with Gasteiger partial charge in [0.2, 0.25) is 0 Å². The molecule has 2 rings (SSSR count). The van der Waals surface area contributed by atoms with E-state index in [0.717, 1.165) is 16.9 Å². The highest BCUT2D eigenvalue weighted by atomic mass is 32.1. The predicted molar refractivity (Wildman–Crippen MR) is 132 cm³/mol. The predicted octanol–water partition coefficient (Wildman–Crippen LogP) is 5.60. The Balaban J connectivity index is 2.68. The Kier molecular flexibility index (Phi) is 7.34. The molecule has 158 valence electrons. The number of nitroso groups, excluding NO2 is 1. The first-order valence-electron chi connectivity index (χ1n) is 9.51. The third-order valence-corrected chi connectivity index (χ3v) is 5.22. The van der Waals surface area contributed by atoms with Gasteiger partial charge in [0, 0.05) is 44.1 Å². The average Bonchev–Trinajstić information content (AvgIpc) is 2.72. The first-order valence-corrected chi connectivity index (χ1v) is 9.92. The fraction of sp³-hybridized carbons (Fsp3) is 0.261. The monoisotopic (exact) mass is 424 g/mol. The van der Waals surface area contributed by atoms with Gasteiger partial charge in [-0.15, -0.1) is 4.91 Å². The van der Waals surface area contributed by atoms with Crippen LogP contribution in [-0.2, 0) is 0 Å². The molecule has 0 radical (unpaired) electrons. The van der Waals surface area contributed by atoms with Crippen LogP contribution in [0.25, 0.3) is 11.8 Å². The number of rotatable bonds is 7. The molecule has 30 heavy (non-hydrogen) atoms. The molecular weight excluding hydrogens is 396 g/mol. The maximum Gasteiger partial charge on any atom is 0.177 e. The number of benzene rings is 2. The second-order valence-electron chi connectivity index (χ2n) is 7.35. The highest BCUT2D eigenvalue weighted by Crippen LogP contribution is 2.39. The first kappa shape index (κ1) is 23.1. The van der Waals surface area contributed by atoms with Crippen molar-refractivity contribution in [3.63, 3.8) is 0 Å². The molecule has 0 fully saturated rings. The number of thiocarbonyl (C=S) groups is 1. The number of hydrogen-bond donors (Lipinski definition) is 2. The summed E-state index contributed by atoms with van der Waals surface area (Å²) in [5.41, 5.74) is 4.46. The van der Waals surface area contributed by atoms with Gasteiger partial charge in [-0.2, -0.15) is 0 Å². The number of phenolic OH excluding ortho intramolecular Hbond substituents is 1. The lowest BCUT2D eigenvalue weighted by Crippen LogP contribution is -2.36. The molecule has 0 aromatic heterocycles. The summed E-state index contributed by atoms with van der Waals surface area (Å²) in [7, 11) is 5.65. The van der Waals surface area contributed by atoms with Crippen molar-refractivity contribution in [2.24, 2.45) is 5.18 Å². The van der Waals surface area contributed by atoms with Crippen molar-refractivity contribution >= 4 is 46.2 Å². The molecule has 0 aliphatic heterocycles. The number of nitrogens with zero attached hydrogens (tertiary/aromatic N) is 3. The Morgan fingerprint density at radius 1 is 1.27 bits per heavy atom. The Morgan fingerprint density at radius 2 is 1.93 bits per heavy atom. The van der Waals surface area contributed by atoms with Gasteiger partial charge in [0.25, 0.3) is 0 Å². The Labute approximate surface area is 183 Å². The van der Waals surface area contributed by atoms with E-state index in [0.29, 0.717) is 21.9 Å². The number of anilines is 2. The number of nitrogens with one attached hydrogen (secondary N) is 1. The third kappa shape index (κ3) is 4.52. The van der Waals surface area contributed by atoms with Crippen LogP contribution in [0.4, 0.5) is 17.1 Å². The summed E-state index contributed by atoms with van der Waals surface area (Å²) in [6.07, 6.45) is 1.78. The lowest BCUT2D eigenvalue weighted by Gasteiger charge is -2.29. The van der Waals surface area contributed by atoms with Crippen LogP contribution in [0.5, 0.6) is 5.75 Å². The normalized spacial score (nSPS) is 10.5. The van der Waals surface area contributed by atoms with Crippen molar-refractivity contribution in [3.8, 4) is 5.75 Å². The molecule has 0 spiro atoms. The number of phenols is 1. The van der Waals surface area contributed by atoms with Gasteiger partial charge >= 0.3 is 0 Å². The van der Waals surface area contributed by atoms with Crippen LogP contribution in [0, 0.1) is 4.91 Å². The summed E-state index contributed by atoms with van der Waals surface area (Å²) in [4.78, 5) is 15.2. The maximum absolute atomic E-state index is 11.5. The van der Waals surface area contributed by atoms with Gasteiger partial charge in [0.05, 0.1) is 5.70 Å². The highest BCUT2D eigenvalue weighted by Gasteiger charge is 2.22. The summed E-state index contributed by atoms with van der Waals surface area (Å²) < 4.78 is 0. The van der Waals surface area contributed by atoms with Crippen LogP contribution in [0.2, 0.25) is 0 Å². The molecule has 0 amide bonds. The molecular formula is C23H28N4O2S. The molecule has 2 aromatic rings. The molecule has 0 aliphatic rings. The first-order chi connectivity index (χ1) is 14.2. The highest BCUT2D eigenvalue weighted by molar-refractivity contribution is 7.80. The fourth-order valence-corrected chi connectivity index (χ4v) is 3.46. The van der Waals surface area contributed by atoms with E-state index in [1.165, 1.54) is 6.07 Å². The van der Waals surface area contributed by atoms with Crippen LogP contribution in [0.15, 0.2) is 48.7 Å². The van der Waals surface area contributed by atoms with Gasteiger partial charge in [-0.05, 0) is 58.7 Å². The van der Waals surface area contributed by atoms with E-state index < -0.39 is 0 Å². The Bertz CT molecular complexity index is 999. The van der Waals surface area contributed by atoms with E-state index in [9.17, 15) is 10.0 Å². The van der Waals surface area contributed by atoms with Crippen LogP contribution in [0.1, 0.15) is 36.5 Å². The number of aromatic hydroxyl groups is 1. The minimum Gasteiger partial charge on any atom is -0.508 e. The zero-order chi connectivity index (χ0) is 22.6. The summed E-state index contributed by atoms with van der Waals surface area (Å²) in [5.74, 6) is 0.0804. The summed E-state index contributed by atoms with van der Waals surface area (Å²) >= 11 is 5.55. The summed E-state index contributed by atoms with van der Waals surface area (Å²) in [6, 6.07) is 8.96. The van der Waals surface area contributed by atoms with Crippen LogP contribution >= 0.6 is 12.2 Å². The van der Waals surface area contributed by atoms with E-state index in [1.807, 2.05) is 51.0 Å². The molecule has 0 saturated heterocycles. The van der Waals surface area contributed by atoms with E-state index in [1.54, 1.807) is 24.1 Å². The second kappa shape index (κ2) is 9.54. The quantitative estimate of drug-likeness (QED) is 0.445. The van der Waals surface area contributed by atoms with E-state index >= 15 is 0 Å².